The molecule has 166 valence electrons. The molecule has 1 aromatic heterocycles. The lowest BCUT2D eigenvalue weighted by Crippen LogP contribution is -2.32. The molecular weight excluding hydrogens is 428 g/mol. The summed E-state index contributed by atoms with van der Waals surface area (Å²) in [5, 5.41) is 0.0138. The van der Waals surface area contributed by atoms with E-state index in [1.54, 1.807) is 13.2 Å². The van der Waals surface area contributed by atoms with Crippen LogP contribution in [0.4, 0.5) is 8.78 Å². The van der Waals surface area contributed by atoms with Gasteiger partial charge in [-0.3, -0.25) is 9.59 Å². The first-order chi connectivity index (χ1) is 16.0. The second kappa shape index (κ2) is 8.16. The average Bonchev–Trinajstić information content (AvgIpc) is 3.10. The summed E-state index contributed by atoms with van der Waals surface area (Å²) in [6.07, 6.45) is 0.469. The van der Waals surface area contributed by atoms with Crippen LogP contribution in [-0.2, 0) is 6.42 Å². The normalized spacial score (nSPS) is 15.2. The van der Waals surface area contributed by atoms with Gasteiger partial charge in [0.05, 0.1) is 24.1 Å². The van der Waals surface area contributed by atoms with Gasteiger partial charge in [0.2, 0.25) is 5.76 Å². The van der Waals surface area contributed by atoms with E-state index in [1.165, 1.54) is 29.2 Å². The van der Waals surface area contributed by atoms with Crippen molar-refractivity contribution in [2.24, 2.45) is 0 Å². The van der Waals surface area contributed by atoms with Crippen molar-refractivity contribution >= 4 is 16.9 Å². The minimum absolute atomic E-state index is 0.0138. The first kappa shape index (κ1) is 20.9. The molecule has 0 fully saturated rings. The number of benzene rings is 3. The van der Waals surface area contributed by atoms with Crippen molar-refractivity contribution in [2.75, 3.05) is 13.7 Å². The maximum atomic E-state index is 14.8. The third kappa shape index (κ3) is 3.55. The van der Waals surface area contributed by atoms with Crippen LogP contribution < -0.4 is 10.2 Å². The fraction of sp³-hybridized carbons (Fsp3) is 0.154. The van der Waals surface area contributed by atoms with Crippen LogP contribution in [0.15, 0.2) is 75.9 Å². The summed E-state index contributed by atoms with van der Waals surface area (Å²) in [6, 6.07) is 16.0. The van der Waals surface area contributed by atoms with Gasteiger partial charge in [-0.05, 0) is 48.4 Å². The van der Waals surface area contributed by atoms with E-state index in [4.69, 9.17) is 9.15 Å². The van der Waals surface area contributed by atoms with Crippen LogP contribution in [0.5, 0.6) is 5.75 Å². The standard InChI is InChI=1S/C26H19F2NO4/c1-32-17-9-6-15(7-10-17)12-13-29-23(18-4-2-3-5-20(18)28)22-24(30)19-14-16(27)8-11-21(19)33-25(22)26(29)31/h2-11,14,23H,12-13H2,1H3/t23-/m0/s1. The highest BCUT2D eigenvalue weighted by Crippen LogP contribution is 2.39. The highest BCUT2D eigenvalue weighted by atomic mass is 19.1. The molecule has 4 aromatic rings. The third-order valence-electron chi connectivity index (χ3n) is 5.93. The molecule has 0 saturated carbocycles. The van der Waals surface area contributed by atoms with Crippen LogP contribution in [0.25, 0.3) is 11.0 Å². The number of halogens is 2. The Labute approximate surface area is 187 Å². The maximum absolute atomic E-state index is 14.8. The molecule has 0 unspecified atom stereocenters. The Bertz CT molecular complexity index is 1430. The minimum atomic E-state index is -0.976. The predicted molar refractivity (Wildman–Crippen MR) is 118 cm³/mol. The van der Waals surface area contributed by atoms with Gasteiger partial charge in [0.1, 0.15) is 23.0 Å². The van der Waals surface area contributed by atoms with Crippen LogP contribution in [0.2, 0.25) is 0 Å². The van der Waals surface area contributed by atoms with Crippen LogP contribution in [-0.4, -0.2) is 24.5 Å². The van der Waals surface area contributed by atoms with Crippen LogP contribution in [0.3, 0.4) is 0 Å². The Hall–Kier alpha value is -4.00. The third-order valence-corrected chi connectivity index (χ3v) is 5.93. The quantitative estimate of drug-likeness (QED) is 0.438. The Morgan fingerprint density at radius 1 is 1.00 bits per heavy atom. The number of nitrogens with zero attached hydrogens (tertiary/aromatic N) is 1. The van der Waals surface area contributed by atoms with Gasteiger partial charge < -0.3 is 14.1 Å². The molecule has 2 heterocycles. The van der Waals surface area contributed by atoms with E-state index in [1.807, 2.05) is 24.3 Å². The molecule has 1 aliphatic rings. The topological polar surface area (TPSA) is 59.8 Å². The molecule has 5 nitrogen and oxygen atoms in total. The Balaban J connectivity index is 1.62. The zero-order valence-corrected chi connectivity index (χ0v) is 17.7. The van der Waals surface area contributed by atoms with Crippen molar-refractivity contribution < 1.29 is 22.7 Å². The van der Waals surface area contributed by atoms with Crippen molar-refractivity contribution in [3.63, 3.8) is 0 Å². The molecule has 0 radical (unpaired) electrons. The number of carbonyl (C=O) groups excluding carboxylic acids is 1. The number of rotatable bonds is 5. The van der Waals surface area contributed by atoms with Crippen molar-refractivity contribution in [2.45, 2.75) is 12.5 Å². The fourth-order valence-corrected chi connectivity index (χ4v) is 4.29. The van der Waals surface area contributed by atoms with E-state index in [2.05, 4.69) is 0 Å². The van der Waals surface area contributed by atoms with E-state index in [-0.39, 0.29) is 34.4 Å². The minimum Gasteiger partial charge on any atom is -0.497 e. The van der Waals surface area contributed by atoms with Gasteiger partial charge in [0, 0.05) is 12.1 Å². The summed E-state index contributed by atoms with van der Waals surface area (Å²) < 4.78 is 39.6. The van der Waals surface area contributed by atoms with Crippen molar-refractivity contribution in [3.05, 3.63) is 111 Å². The summed E-state index contributed by atoms with van der Waals surface area (Å²) in [4.78, 5) is 28.2. The molecule has 1 aliphatic heterocycles. The van der Waals surface area contributed by atoms with Gasteiger partial charge in [-0.2, -0.15) is 0 Å². The van der Waals surface area contributed by atoms with E-state index < -0.39 is 29.0 Å². The summed E-state index contributed by atoms with van der Waals surface area (Å²) in [5.41, 5.74) is 0.718. The number of carbonyl (C=O) groups is 1. The molecule has 5 rings (SSSR count). The first-order valence-corrected chi connectivity index (χ1v) is 10.4. The van der Waals surface area contributed by atoms with Crippen LogP contribution in [0, 0.1) is 11.6 Å². The predicted octanol–water partition coefficient (Wildman–Crippen LogP) is 4.87. The Morgan fingerprint density at radius 3 is 2.48 bits per heavy atom. The average molecular weight is 447 g/mol. The lowest BCUT2D eigenvalue weighted by atomic mass is 9.97. The van der Waals surface area contributed by atoms with Crippen molar-refractivity contribution in [3.8, 4) is 5.75 Å². The number of methoxy groups -OCH3 is 1. The molecule has 0 bridgehead atoms. The largest absolute Gasteiger partial charge is 0.497 e. The number of amides is 1. The monoisotopic (exact) mass is 447 g/mol. The van der Waals surface area contributed by atoms with Gasteiger partial charge in [0.25, 0.3) is 5.91 Å². The lowest BCUT2D eigenvalue weighted by molar-refractivity contribution is 0.0728. The van der Waals surface area contributed by atoms with Gasteiger partial charge in [-0.25, -0.2) is 8.78 Å². The molecule has 3 aromatic carbocycles. The molecule has 0 spiro atoms. The SMILES string of the molecule is COc1ccc(CCN2C(=O)c3oc4ccc(F)cc4c(=O)c3[C@@H]2c2ccccc2F)cc1. The van der Waals surface area contributed by atoms with Crippen molar-refractivity contribution in [1.82, 2.24) is 4.90 Å². The Morgan fingerprint density at radius 2 is 1.76 bits per heavy atom. The van der Waals surface area contributed by atoms with Crippen LogP contribution >= 0.6 is 0 Å². The highest BCUT2D eigenvalue weighted by molar-refractivity contribution is 5.99. The second-order valence-corrected chi connectivity index (χ2v) is 7.84. The Kier molecular flexibility index (Phi) is 5.17. The van der Waals surface area contributed by atoms with Gasteiger partial charge in [0.15, 0.2) is 5.43 Å². The van der Waals surface area contributed by atoms with Crippen LogP contribution in [0.1, 0.15) is 33.3 Å². The van der Waals surface area contributed by atoms with Crippen molar-refractivity contribution in [1.29, 1.82) is 0 Å². The molecular formula is C26H19F2NO4. The molecule has 0 saturated heterocycles. The second-order valence-electron chi connectivity index (χ2n) is 7.84. The fourth-order valence-electron chi connectivity index (χ4n) is 4.29. The van der Waals surface area contributed by atoms with E-state index in [0.29, 0.717) is 12.2 Å². The molecule has 1 atom stereocenters. The number of hydrogen-bond donors (Lipinski definition) is 0. The lowest BCUT2D eigenvalue weighted by Gasteiger charge is -2.25. The van der Waals surface area contributed by atoms with Gasteiger partial charge in [-0.1, -0.05) is 30.3 Å². The van der Waals surface area contributed by atoms with E-state index in [9.17, 15) is 18.4 Å². The number of ether oxygens (including phenoxy) is 1. The maximum Gasteiger partial charge on any atom is 0.290 e. The molecule has 33 heavy (non-hydrogen) atoms. The number of fused-ring (bicyclic) bond motifs is 2. The number of hydrogen-bond acceptors (Lipinski definition) is 4. The zero-order chi connectivity index (χ0) is 23.1. The molecule has 0 N–H and O–H groups in total. The van der Waals surface area contributed by atoms with E-state index >= 15 is 0 Å². The van der Waals surface area contributed by atoms with Gasteiger partial charge in [-0.15, -0.1) is 0 Å². The molecule has 1 amide bonds. The van der Waals surface area contributed by atoms with E-state index in [0.717, 1.165) is 17.7 Å². The summed E-state index contributed by atoms with van der Waals surface area (Å²) in [7, 11) is 1.58. The summed E-state index contributed by atoms with van der Waals surface area (Å²) in [5.74, 6) is -1.08. The molecule has 7 heteroatoms. The highest BCUT2D eigenvalue weighted by Gasteiger charge is 2.43. The molecule has 0 aliphatic carbocycles. The zero-order valence-electron chi connectivity index (χ0n) is 17.7. The first-order valence-electron chi connectivity index (χ1n) is 10.4. The summed E-state index contributed by atoms with van der Waals surface area (Å²) >= 11 is 0. The smallest absolute Gasteiger partial charge is 0.290 e. The summed E-state index contributed by atoms with van der Waals surface area (Å²) in [6.45, 7) is 0.221. The van der Waals surface area contributed by atoms with Gasteiger partial charge >= 0.3 is 0 Å².